The number of halogens is 3. The molecule has 1 aromatic carbocycles. The van der Waals surface area contributed by atoms with Crippen LogP contribution in [0.4, 0.5) is 13.2 Å². The lowest BCUT2D eigenvalue weighted by Gasteiger charge is -2.39. The fourth-order valence-electron chi connectivity index (χ4n) is 4.16. The van der Waals surface area contributed by atoms with Crippen molar-refractivity contribution in [3.8, 4) is 0 Å². The molecule has 0 amide bonds. The van der Waals surface area contributed by atoms with Gasteiger partial charge in [-0.05, 0) is 63.3 Å². The third kappa shape index (κ3) is 4.22. The number of likely N-dealkylation sites (tertiary alicyclic amines) is 1. The molecule has 26 heavy (non-hydrogen) atoms. The van der Waals surface area contributed by atoms with Gasteiger partial charge in [-0.25, -0.2) is 0 Å². The predicted octanol–water partition coefficient (Wildman–Crippen LogP) is 2.88. The first kappa shape index (κ1) is 19.6. The summed E-state index contributed by atoms with van der Waals surface area (Å²) in [6.07, 6.45) is -2.41. The summed E-state index contributed by atoms with van der Waals surface area (Å²) in [6, 6.07) is 5.98. The first-order chi connectivity index (χ1) is 12.2. The number of aliphatic hydroxyl groups is 1. The highest BCUT2D eigenvalue weighted by Gasteiger charge is 2.37. The van der Waals surface area contributed by atoms with Gasteiger partial charge >= 0.3 is 6.18 Å². The van der Waals surface area contributed by atoms with E-state index in [0.29, 0.717) is 49.5 Å². The average Bonchev–Trinajstić information content (AvgIpc) is 2.92. The van der Waals surface area contributed by atoms with Crippen molar-refractivity contribution in [2.24, 2.45) is 5.92 Å². The standard InChI is InChI=1S/C19H28F3N3O/c1-13-17(14(2)24-23-13)6-9-25-10-7-18(26,8-11-25)15-4-3-5-16(12-15)19(20,21)22/h3-5,12-14,17,23-24,26H,6-11H2,1-2H3. The van der Waals surface area contributed by atoms with Gasteiger partial charge in [0.05, 0.1) is 11.2 Å². The third-order valence-corrected chi connectivity index (χ3v) is 6.01. The molecule has 4 nitrogen and oxygen atoms in total. The van der Waals surface area contributed by atoms with Crippen LogP contribution in [0.2, 0.25) is 0 Å². The van der Waals surface area contributed by atoms with Crippen molar-refractivity contribution in [3.05, 3.63) is 35.4 Å². The van der Waals surface area contributed by atoms with Gasteiger partial charge in [0.25, 0.3) is 0 Å². The van der Waals surface area contributed by atoms with E-state index in [1.165, 1.54) is 6.07 Å². The van der Waals surface area contributed by atoms with Crippen molar-refractivity contribution < 1.29 is 18.3 Å². The number of nitrogens with zero attached hydrogens (tertiary/aromatic N) is 1. The van der Waals surface area contributed by atoms with E-state index in [-0.39, 0.29) is 0 Å². The average molecular weight is 371 g/mol. The number of hydrogen-bond donors (Lipinski definition) is 3. The maximum Gasteiger partial charge on any atom is 0.416 e. The molecule has 0 aliphatic carbocycles. The van der Waals surface area contributed by atoms with Crippen molar-refractivity contribution in [1.29, 1.82) is 0 Å². The molecular formula is C19H28F3N3O. The molecule has 3 rings (SSSR count). The summed E-state index contributed by atoms with van der Waals surface area (Å²) in [4.78, 5) is 2.31. The SMILES string of the molecule is CC1NNC(C)C1CCN1CCC(O)(c2cccc(C(F)(F)F)c2)CC1. The summed E-state index contributed by atoms with van der Waals surface area (Å²) in [7, 11) is 0. The quantitative estimate of drug-likeness (QED) is 0.762. The largest absolute Gasteiger partial charge is 0.416 e. The van der Waals surface area contributed by atoms with Gasteiger partial charge in [0.2, 0.25) is 0 Å². The van der Waals surface area contributed by atoms with Gasteiger partial charge in [-0.1, -0.05) is 12.1 Å². The Kier molecular flexibility index (Phi) is 5.63. The summed E-state index contributed by atoms with van der Waals surface area (Å²) in [5.41, 5.74) is 5.02. The van der Waals surface area contributed by atoms with E-state index in [1.807, 2.05) is 0 Å². The molecule has 1 aromatic rings. The molecule has 0 bridgehead atoms. The monoisotopic (exact) mass is 371 g/mol. The highest BCUT2D eigenvalue weighted by molar-refractivity contribution is 5.30. The van der Waals surface area contributed by atoms with Crippen LogP contribution in [0.5, 0.6) is 0 Å². The van der Waals surface area contributed by atoms with Crippen LogP contribution >= 0.6 is 0 Å². The van der Waals surface area contributed by atoms with Crippen molar-refractivity contribution in [1.82, 2.24) is 15.8 Å². The maximum absolute atomic E-state index is 12.9. The molecule has 2 unspecified atom stereocenters. The van der Waals surface area contributed by atoms with E-state index in [9.17, 15) is 18.3 Å². The van der Waals surface area contributed by atoms with Crippen molar-refractivity contribution in [2.45, 2.75) is 57.0 Å². The van der Waals surface area contributed by atoms with Crippen LogP contribution in [-0.4, -0.2) is 41.7 Å². The van der Waals surface area contributed by atoms with E-state index in [4.69, 9.17) is 0 Å². The summed E-state index contributed by atoms with van der Waals surface area (Å²) < 4.78 is 38.8. The number of piperidine rings is 1. The second kappa shape index (κ2) is 7.46. The molecule has 0 aromatic heterocycles. The van der Waals surface area contributed by atoms with Crippen LogP contribution in [0.15, 0.2) is 24.3 Å². The van der Waals surface area contributed by atoms with Gasteiger partial charge in [0.1, 0.15) is 0 Å². The van der Waals surface area contributed by atoms with Crippen molar-refractivity contribution >= 4 is 0 Å². The summed E-state index contributed by atoms with van der Waals surface area (Å²) in [5.74, 6) is 0.555. The van der Waals surface area contributed by atoms with Crippen molar-refractivity contribution in [2.75, 3.05) is 19.6 Å². The summed E-state index contributed by atoms with van der Waals surface area (Å²) in [6.45, 7) is 6.68. The molecule has 2 fully saturated rings. The van der Waals surface area contributed by atoms with Gasteiger partial charge in [0.15, 0.2) is 0 Å². The van der Waals surface area contributed by atoms with Crippen LogP contribution in [0, 0.1) is 5.92 Å². The van der Waals surface area contributed by atoms with E-state index in [1.54, 1.807) is 6.07 Å². The topological polar surface area (TPSA) is 47.5 Å². The van der Waals surface area contributed by atoms with Gasteiger partial charge in [-0.3, -0.25) is 10.9 Å². The fraction of sp³-hybridized carbons (Fsp3) is 0.684. The molecule has 146 valence electrons. The Morgan fingerprint density at radius 3 is 2.35 bits per heavy atom. The van der Waals surface area contributed by atoms with E-state index >= 15 is 0 Å². The van der Waals surface area contributed by atoms with Crippen LogP contribution in [-0.2, 0) is 11.8 Å². The molecule has 2 aliphatic heterocycles. The first-order valence-corrected chi connectivity index (χ1v) is 9.32. The molecule has 2 atom stereocenters. The number of hydrogen-bond acceptors (Lipinski definition) is 4. The lowest BCUT2D eigenvalue weighted by Crippen LogP contribution is -2.43. The Hall–Kier alpha value is -1.15. The third-order valence-electron chi connectivity index (χ3n) is 6.01. The van der Waals surface area contributed by atoms with Gasteiger partial charge in [-0.15, -0.1) is 0 Å². The predicted molar refractivity (Wildman–Crippen MR) is 94.3 cm³/mol. The Bertz CT molecular complexity index is 604. The highest BCUT2D eigenvalue weighted by Crippen LogP contribution is 2.37. The Balaban J connectivity index is 1.57. The molecule has 2 heterocycles. The van der Waals surface area contributed by atoms with Crippen LogP contribution in [0.25, 0.3) is 0 Å². The fourth-order valence-corrected chi connectivity index (χ4v) is 4.16. The zero-order valence-corrected chi connectivity index (χ0v) is 15.3. The lowest BCUT2D eigenvalue weighted by atomic mass is 9.83. The molecule has 0 radical (unpaired) electrons. The number of rotatable bonds is 4. The summed E-state index contributed by atoms with van der Waals surface area (Å²) >= 11 is 0. The van der Waals surface area contributed by atoms with Gasteiger partial charge < -0.3 is 10.0 Å². The maximum atomic E-state index is 12.9. The molecular weight excluding hydrogens is 343 g/mol. The normalized spacial score (nSPS) is 29.8. The first-order valence-electron chi connectivity index (χ1n) is 9.32. The Morgan fingerprint density at radius 2 is 1.77 bits per heavy atom. The molecule has 0 saturated carbocycles. The van der Waals surface area contributed by atoms with Crippen molar-refractivity contribution in [3.63, 3.8) is 0 Å². The van der Waals surface area contributed by atoms with Crippen LogP contribution in [0.3, 0.4) is 0 Å². The number of alkyl halides is 3. The molecule has 2 aliphatic rings. The summed E-state index contributed by atoms with van der Waals surface area (Å²) in [5, 5.41) is 10.9. The smallest absolute Gasteiger partial charge is 0.385 e. The van der Waals surface area contributed by atoms with Gasteiger partial charge in [-0.2, -0.15) is 13.2 Å². The highest BCUT2D eigenvalue weighted by atomic mass is 19.4. The zero-order chi connectivity index (χ0) is 18.9. The Labute approximate surface area is 152 Å². The van der Waals surface area contributed by atoms with E-state index < -0.39 is 17.3 Å². The second-order valence-electron chi connectivity index (χ2n) is 7.77. The van der Waals surface area contributed by atoms with Gasteiger partial charge in [0, 0.05) is 25.2 Å². The minimum absolute atomic E-state index is 0.374. The number of nitrogens with one attached hydrogen (secondary N) is 2. The van der Waals surface area contributed by atoms with Crippen LogP contribution in [0.1, 0.15) is 44.2 Å². The molecule has 0 spiro atoms. The number of benzene rings is 1. The van der Waals surface area contributed by atoms with E-state index in [0.717, 1.165) is 25.1 Å². The van der Waals surface area contributed by atoms with Crippen LogP contribution < -0.4 is 10.9 Å². The molecule has 3 N–H and O–H groups in total. The minimum atomic E-state index is -4.39. The molecule has 2 saturated heterocycles. The lowest BCUT2D eigenvalue weighted by molar-refractivity contribution is -0.137. The zero-order valence-electron chi connectivity index (χ0n) is 15.3. The minimum Gasteiger partial charge on any atom is -0.385 e. The Morgan fingerprint density at radius 1 is 1.15 bits per heavy atom. The second-order valence-corrected chi connectivity index (χ2v) is 7.77. The molecule has 7 heteroatoms. The van der Waals surface area contributed by atoms with E-state index in [2.05, 4.69) is 29.6 Å². The number of hydrazine groups is 1.